The lowest BCUT2D eigenvalue weighted by atomic mass is 10.1. The molecule has 0 aliphatic rings. The minimum Gasteiger partial charge on any atom is -0.495 e. The van der Waals surface area contributed by atoms with Gasteiger partial charge in [-0.1, -0.05) is 30.6 Å². The number of amides is 2. The molecule has 0 fully saturated rings. The molecule has 132 valence electrons. The quantitative estimate of drug-likeness (QED) is 0.526. The van der Waals surface area contributed by atoms with Crippen LogP contribution in [0.15, 0.2) is 23.4 Å². The van der Waals surface area contributed by atoms with Gasteiger partial charge in [-0.15, -0.1) is 0 Å². The Labute approximate surface area is 146 Å². The van der Waals surface area contributed by atoms with Crippen molar-refractivity contribution in [2.24, 2.45) is 11.1 Å². The van der Waals surface area contributed by atoms with E-state index in [2.05, 4.69) is 29.6 Å². The lowest BCUT2D eigenvalue weighted by Gasteiger charge is -2.08. The van der Waals surface area contributed by atoms with Gasteiger partial charge in [0.1, 0.15) is 12.0 Å². The van der Waals surface area contributed by atoms with Crippen molar-refractivity contribution in [2.75, 3.05) is 25.6 Å². The van der Waals surface area contributed by atoms with Crippen LogP contribution in [0.25, 0.3) is 0 Å². The third-order valence-corrected chi connectivity index (χ3v) is 3.14. The highest BCUT2D eigenvalue weighted by Gasteiger charge is 2.07. The molecule has 0 atom stereocenters. The SMILES string of the molecule is COc1ccc(Cl)cc1NC(=O)/C=N\OCC(=O)NCCC(C)C. The van der Waals surface area contributed by atoms with Gasteiger partial charge in [-0.05, 0) is 30.5 Å². The summed E-state index contributed by atoms with van der Waals surface area (Å²) in [5.41, 5.74) is 0.410. The molecule has 1 aromatic carbocycles. The van der Waals surface area contributed by atoms with Crippen LogP contribution >= 0.6 is 11.6 Å². The topological polar surface area (TPSA) is 89.0 Å². The number of benzene rings is 1. The van der Waals surface area contributed by atoms with Gasteiger partial charge >= 0.3 is 0 Å². The average molecular weight is 356 g/mol. The number of hydrogen-bond acceptors (Lipinski definition) is 5. The Kier molecular flexibility index (Phi) is 8.64. The molecule has 0 aliphatic heterocycles. The summed E-state index contributed by atoms with van der Waals surface area (Å²) in [5, 5.41) is 9.17. The van der Waals surface area contributed by atoms with Crippen molar-refractivity contribution in [1.29, 1.82) is 0 Å². The number of nitrogens with zero attached hydrogens (tertiary/aromatic N) is 1. The van der Waals surface area contributed by atoms with Crippen LogP contribution in [-0.4, -0.2) is 38.3 Å². The number of methoxy groups -OCH3 is 1. The summed E-state index contributed by atoms with van der Waals surface area (Å²) in [6.07, 6.45) is 1.82. The first-order chi connectivity index (χ1) is 11.4. The Bertz CT molecular complexity index is 591. The van der Waals surface area contributed by atoms with Crippen molar-refractivity contribution < 1.29 is 19.2 Å². The number of nitrogens with one attached hydrogen (secondary N) is 2. The Morgan fingerprint density at radius 3 is 2.79 bits per heavy atom. The third-order valence-electron chi connectivity index (χ3n) is 2.90. The van der Waals surface area contributed by atoms with Crippen molar-refractivity contribution in [3.05, 3.63) is 23.2 Å². The molecule has 7 nitrogen and oxygen atoms in total. The fourth-order valence-corrected chi connectivity index (χ4v) is 1.85. The van der Waals surface area contributed by atoms with E-state index in [9.17, 15) is 9.59 Å². The molecule has 0 heterocycles. The summed E-state index contributed by atoms with van der Waals surface area (Å²) in [5.74, 6) is 0.156. The highest BCUT2D eigenvalue weighted by atomic mass is 35.5. The van der Waals surface area contributed by atoms with Crippen molar-refractivity contribution in [3.8, 4) is 5.75 Å². The lowest BCUT2D eigenvalue weighted by Crippen LogP contribution is -2.28. The first kappa shape index (κ1) is 19.8. The summed E-state index contributed by atoms with van der Waals surface area (Å²) in [4.78, 5) is 28.0. The second-order valence-electron chi connectivity index (χ2n) is 5.37. The van der Waals surface area contributed by atoms with E-state index in [1.165, 1.54) is 7.11 Å². The first-order valence-corrected chi connectivity index (χ1v) is 7.86. The highest BCUT2D eigenvalue weighted by Crippen LogP contribution is 2.27. The van der Waals surface area contributed by atoms with E-state index in [0.717, 1.165) is 12.6 Å². The normalized spacial score (nSPS) is 10.7. The van der Waals surface area contributed by atoms with Crippen molar-refractivity contribution >= 4 is 35.3 Å². The van der Waals surface area contributed by atoms with E-state index >= 15 is 0 Å². The molecule has 0 aliphatic carbocycles. The molecule has 0 radical (unpaired) electrons. The molecular formula is C16H22ClN3O4. The van der Waals surface area contributed by atoms with E-state index in [0.29, 0.717) is 28.9 Å². The molecule has 0 bridgehead atoms. The molecular weight excluding hydrogens is 334 g/mol. The van der Waals surface area contributed by atoms with E-state index < -0.39 is 5.91 Å². The molecule has 1 rings (SSSR count). The third kappa shape index (κ3) is 7.82. The maximum atomic E-state index is 11.7. The zero-order valence-electron chi connectivity index (χ0n) is 14.0. The molecule has 8 heteroatoms. The van der Waals surface area contributed by atoms with Crippen molar-refractivity contribution in [3.63, 3.8) is 0 Å². The number of carbonyl (C=O) groups excluding carboxylic acids is 2. The summed E-state index contributed by atoms with van der Waals surface area (Å²) in [6, 6.07) is 4.83. The molecule has 0 spiro atoms. The summed E-state index contributed by atoms with van der Waals surface area (Å²) >= 11 is 5.87. The van der Waals surface area contributed by atoms with Gasteiger partial charge in [-0.25, -0.2) is 0 Å². The van der Waals surface area contributed by atoms with E-state index in [1.54, 1.807) is 18.2 Å². The van der Waals surface area contributed by atoms with Gasteiger partial charge in [-0.2, -0.15) is 0 Å². The van der Waals surface area contributed by atoms with Crippen LogP contribution in [0, 0.1) is 5.92 Å². The first-order valence-electron chi connectivity index (χ1n) is 7.49. The number of rotatable bonds is 9. The fraction of sp³-hybridized carbons (Fsp3) is 0.438. The number of oxime groups is 1. The fourth-order valence-electron chi connectivity index (χ4n) is 1.68. The van der Waals surface area contributed by atoms with Crippen LogP contribution in [0.3, 0.4) is 0 Å². The van der Waals surface area contributed by atoms with Gasteiger partial charge in [0.05, 0.1) is 12.8 Å². The lowest BCUT2D eigenvalue weighted by molar-refractivity contribution is -0.125. The Hall–Kier alpha value is -2.28. The zero-order valence-corrected chi connectivity index (χ0v) is 14.7. The Balaban J connectivity index is 2.36. The average Bonchev–Trinajstić information content (AvgIpc) is 2.51. The number of ether oxygens (including phenoxy) is 1. The molecule has 0 saturated heterocycles. The van der Waals surface area contributed by atoms with Gasteiger partial charge in [-0.3, -0.25) is 9.59 Å². The van der Waals surface area contributed by atoms with Gasteiger partial charge in [0.2, 0.25) is 0 Å². The molecule has 2 N–H and O–H groups in total. The smallest absolute Gasteiger partial charge is 0.270 e. The maximum Gasteiger partial charge on any atom is 0.270 e. The van der Waals surface area contributed by atoms with Crippen LogP contribution in [0.5, 0.6) is 5.75 Å². The minimum absolute atomic E-state index is 0.248. The van der Waals surface area contributed by atoms with Crippen LogP contribution in [-0.2, 0) is 14.4 Å². The number of halogens is 1. The van der Waals surface area contributed by atoms with Crippen LogP contribution in [0.1, 0.15) is 20.3 Å². The number of carbonyl (C=O) groups is 2. The van der Waals surface area contributed by atoms with Crippen LogP contribution < -0.4 is 15.4 Å². The van der Waals surface area contributed by atoms with Crippen LogP contribution in [0.4, 0.5) is 5.69 Å². The second kappa shape index (κ2) is 10.5. The van der Waals surface area contributed by atoms with Gasteiger partial charge in [0, 0.05) is 11.6 Å². The molecule has 0 saturated carbocycles. The number of hydrogen-bond donors (Lipinski definition) is 2. The summed E-state index contributed by atoms with van der Waals surface area (Å²) in [7, 11) is 1.48. The monoisotopic (exact) mass is 355 g/mol. The van der Waals surface area contributed by atoms with Crippen molar-refractivity contribution in [2.45, 2.75) is 20.3 Å². The van der Waals surface area contributed by atoms with Crippen LogP contribution in [0.2, 0.25) is 5.02 Å². The number of anilines is 1. The highest BCUT2D eigenvalue weighted by molar-refractivity contribution is 6.33. The largest absolute Gasteiger partial charge is 0.495 e. The Morgan fingerprint density at radius 2 is 2.12 bits per heavy atom. The van der Waals surface area contributed by atoms with E-state index in [-0.39, 0.29) is 12.5 Å². The summed E-state index contributed by atoms with van der Waals surface area (Å²) in [6.45, 7) is 4.47. The van der Waals surface area contributed by atoms with Gasteiger partial charge in [0.25, 0.3) is 11.8 Å². The maximum absolute atomic E-state index is 11.7. The van der Waals surface area contributed by atoms with Gasteiger partial charge in [0.15, 0.2) is 6.61 Å². The second-order valence-corrected chi connectivity index (χ2v) is 5.81. The summed E-state index contributed by atoms with van der Waals surface area (Å²) < 4.78 is 5.11. The predicted molar refractivity (Wildman–Crippen MR) is 93.5 cm³/mol. The van der Waals surface area contributed by atoms with E-state index in [1.807, 2.05) is 0 Å². The Morgan fingerprint density at radius 1 is 1.38 bits per heavy atom. The zero-order chi connectivity index (χ0) is 17.9. The standard InChI is InChI=1S/C16H22ClN3O4/c1-11(2)6-7-18-16(22)10-24-19-9-15(21)20-13-8-12(17)4-5-14(13)23-3/h4-5,8-9,11H,6-7,10H2,1-3H3,(H,18,22)(H,20,21)/b19-9-. The van der Waals surface area contributed by atoms with Crippen molar-refractivity contribution in [1.82, 2.24) is 5.32 Å². The molecule has 0 aromatic heterocycles. The van der Waals surface area contributed by atoms with E-state index in [4.69, 9.17) is 21.2 Å². The molecule has 24 heavy (non-hydrogen) atoms. The predicted octanol–water partition coefficient (Wildman–Crippen LogP) is 2.45. The molecule has 1 aromatic rings. The molecule has 0 unspecified atom stereocenters. The minimum atomic E-state index is -0.532. The van der Waals surface area contributed by atoms with Gasteiger partial charge < -0.3 is 20.2 Å². The molecule has 2 amide bonds.